The Bertz CT molecular complexity index is 635. The van der Waals surface area contributed by atoms with Gasteiger partial charge < -0.3 is 19.1 Å². The molecule has 0 bridgehead atoms. The highest BCUT2D eigenvalue weighted by molar-refractivity contribution is 5.90. The molecule has 138 valence electrons. The molecule has 1 aliphatic heterocycles. The van der Waals surface area contributed by atoms with E-state index < -0.39 is 11.6 Å². The monoisotopic (exact) mass is 349 g/mol. The van der Waals surface area contributed by atoms with Gasteiger partial charge in [-0.3, -0.25) is 0 Å². The van der Waals surface area contributed by atoms with Crippen molar-refractivity contribution < 1.29 is 23.8 Å². The lowest BCUT2D eigenvalue weighted by Gasteiger charge is -2.34. The lowest BCUT2D eigenvalue weighted by Crippen LogP contribution is -2.42. The van der Waals surface area contributed by atoms with Crippen molar-refractivity contribution in [2.75, 3.05) is 27.3 Å². The van der Waals surface area contributed by atoms with Gasteiger partial charge in [0, 0.05) is 19.0 Å². The Hall–Kier alpha value is -2.24. The van der Waals surface area contributed by atoms with Gasteiger partial charge in [-0.05, 0) is 51.3 Å². The van der Waals surface area contributed by atoms with E-state index in [1.54, 1.807) is 24.1 Å². The van der Waals surface area contributed by atoms with Gasteiger partial charge in [0.25, 0.3) is 0 Å². The molecule has 1 fully saturated rings. The van der Waals surface area contributed by atoms with E-state index in [0.717, 1.165) is 18.4 Å². The van der Waals surface area contributed by atoms with E-state index in [1.807, 2.05) is 26.8 Å². The number of ether oxygens (including phenoxy) is 3. The van der Waals surface area contributed by atoms with E-state index in [9.17, 15) is 9.59 Å². The van der Waals surface area contributed by atoms with Gasteiger partial charge in [-0.1, -0.05) is 6.07 Å². The third kappa shape index (κ3) is 4.87. The largest absolute Gasteiger partial charge is 0.496 e. The van der Waals surface area contributed by atoms with Gasteiger partial charge in [0.15, 0.2) is 0 Å². The Labute approximate surface area is 149 Å². The highest BCUT2D eigenvalue weighted by Crippen LogP contribution is 2.34. The molecule has 1 heterocycles. The van der Waals surface area contributed by atoms with E-state index in [4.69, 9.17) is 14.2 Å². The molecule has 0 N–H and O–H groups in total. The molecule has 2 rings (SSSR count). The molecular formula is C19H27NO5. The van der Waals surface area contributed by atoms with Crippen LogP contribution < -0.4 is 4.74 Å². The zero-order chi connectivity index (χ0) is 18.6. The van der Waals surface area contributed by atoms with Crippen molar-refractivity contribution in [3.63, 3.8) is 0 Å². The van der Waals surface area contributed by atoms with Crippen LogP contribution in [0, 0.1) is 0 Å². The van der Waals surface area contributed by atoms with Crippen molar-refractivity contribution in [1.29, 1.82) is 0 Å². The maximum Gasteiger partial charge on any atom is 0.410 e. The lowest BCUT2D eigenvalue weighted by atomic mass is 9.89. The van der Waals surface area contributed by atoms with Gasteiger partial charge in [-0.2, -0.15) is 0 Å². The SMILES string of the molecule is COC(=O)c1ccc([C@H]2CCCN(C(=O)OC(C)(C)C)C2)c(OC)c1. The minimum Gasteiger partial charge on any atom is -0.496 e. The molecule has 1 atom stereocenters. The first-order chi connectivity index (χ1) is 11.7. The summed E-state index contributed by atoms with van der Waals surface area (Å²) in [5, 5.41) is 0. The van der Waals surface area contributed by atoms with Crippen LogP contribution in [0.1, 0.15) is 55.5 Å². The standard InChI is InChI=1S/C19H27NO5/c1-19(2,3)25-18(22)20-10-6-7-14(12-20)15-9-8-13(17(21)24-5)11-16(15)23-4/h8-9,11,14H,6-7,10,12H2,1-5H3/t14-/m0/s1. The summed E-state index contributed by atoms with van der Waals surface area (Å²) < 4.78 is 15.7. The minimum atomic E-state index is -0.510. The summed E-state index contributed by atoms with van der Waals surface area (Å²) >= 11 is 0. The normalized spacial score (nSPS) is 17.8. The summed E-state index contributed by atoms with van der Waals surface area (Å²) in [6.07, 6.45) is 1.56. The quantitative estimate of drug-likeness (QED) is 0.780. The predicted molar refractivity (Wildman–Crippen MR) is 94.1 cm³/mol. The van der Waals surface area contributed by atoms with Crippen LogP contribution in [0.2, 0.25) is 0 Å². The maximum atomic E-state index is 12.3. The second-order valence-corrected chi connectivity index (χ2v) is 7.21. The van der Waals surface area contributed by atoms with E-state index in [2.05, 4.69) is 0 Å². The van der Waals surface area contributed by atoms with E-state index in [1.165, 1.54) is 7.11 Å². The molecule has 0 unspecified atom stereocenters. The molecule has 0 radical (unpaired) electrons. The summed E-state index contributed by atoms with van der Waals surface area (Å²) in [5.41, 5.74) is 0.926. The number of carbonyl (C=O) groups excluding carboxylic acids is 2. The van der Waals surface area contributed by atoms with E-state index >= 15 is 0 Å². The topological polar surface area (TPSA) is 65.1 Å². The lowest BCUT2D eigenvalue weighted by molar-refractivity contribution is 0.0197. The first kappa shape index (κ1) is 19.1. The summed E-state index contributed by atoms with van der Waals surface area (Å²) in [5.74, 6) is 0.380. The van der Waals surface area contributed by atoms with Gasteiger partial charge >= 0.3 is 12.1 Å². The van der Waals surface area contributed by atoms with Crippen LogP contribution in [-0.2, 0) is 9.47 Å². The number of hydrogen-bond acceptors (Lipinski definition) is 5. The average Bonchev–Trinajstić information content (AvgIpc) is 2.59. The van der Waals surface area contributed by atoms with Crippen LogP contribution in [0.25, 0.3) is 0 Å². The maximum absolute atomic E-state index is 12.3. The molecule has 1 amide bonds. The van der Waals surface area contributed by atoms with Crippen molar-refractivity contribution in [3.8, 4) is 5.75 Å². The number of methoxy groups -OCH3 is 2. The Morgan fingerprint density at radius 3 is 2.52 bits per heavy atom. The molecular weight excluding hydrogens is 322 g/mol. The first-order valence-electron chi connectivity index (χ1n) is 8.49. The smallest absolute Gasteiger partial charge is 0.410 e. The van der Waals surface area contributed by atoms with Gasteiger partial charge in [0.2, 0.25) is 0 Å². The first-order valence-corrected chi connectivity index (χ1v) is 8.49. The number of nitrogens with zero attached hydrogens (tertiary/aromatic N) is 1. The summed E-state index contributed by atoms with van der Waals surface area (Å²) in [4.78, 5) is 25.8. The molecule has 6 nitrogen and oxygen atoms in total. The van der Waals surface area contributed by atoms with Crippen molar-refractivity contribution in [3.05, 3.63) is 29.3 Å². The zero-order valence-corrected chi connectivity index (χ0v) is 15.6. The molecule has 1 aromatic carbocycles. The van der Waals surface area contributed by atoms with Crippen molar-refractivity contribution in [2.45, 2.75) is 45.1 Å². The Kier molecular flexibility index (Phi) is 5.93. The molecule has 0 aliphatic carbocycles. The van der Waals surface area contributed by atoms with Gasteiger partial charge in [0.05, 0.1) is 19.8 Å². The van der Waals surface area contributed by atoms with Crippen molar-refractivity contribution in [1.82, 2.24) is 4.90 Å². The molecule has 6 heteroatoms. The van der Waals surface area contributed by atoms with Crippen LogP contribution >= 0.6 is 0 Å². The second kappa shape index (κ2) is 7.76. The molecule has 1 aromatic rings. The van der Waals surface area contributed by atoms with Crippen LogP contribution in [0.5, 0.6) is 5.75 Å². The fourth-order valence-corrected chi connectivity index (χ4v) is 3.02. The number of amides is 1. The van der Waals surface area contributed by atoms with Crippen molar-refractivity contribution >= 4 is 12.1 Å². The Morgan fingerprint density at radius 1 is 1.20 bits per heavy atom. The number of esters is 1. The van der Waals surface area contributed by atoms with Crippen LogP contribution in [0.3, 0.4) is 0 Å². The van der Waals surface area contributed by atoms with Gasteiger partial charge in [0.1, 0.15) is 11.4 Å². The molecule has 25 heavy (non-hydrogen) atoms. The molecule has 0 aromatic heterocycles. The van der Waals surface area contributed by atoms with E-state index in [-0.39, 0.29) is 12.0 Å². The van der Waals surface area contributed by atoms with Crippen LogP contribution in [-0.4, -0.2) is 49.9 Å². The molecule has 1 saturated heterocycles. The zero-order valence-electron chi connectivity index (χ0n) is 15.6. The van der Waals surface area contributed by atoms with Crippen molar-refractivity contribution in [2.24, 2.45) is 0 Å². The third-order valence-corrected chi connectivity index (χ3v) is 4.17. The Balaban J connectivity index is 2.18. The summed E-state index contributed by atoms with van der Waals surface area (Å²) in [7, 11) is 2.93. The fraction of sp³-hybridized carbons (Fsp3) is 0.579. The third-order valence-electron chi connectivity index (χ3n) is 4.17. The number of hydrogen-bond donors (Lipinski definition) is 0. The fourth-order valence-electron chi connectivity index (χ4n) is 3.02. The number of likely N-dealkylation sites (tertiary alicyclic amines) is 1. The van der Waals surface area contributed by atoms with Gasteiger partial charge in [-0.15, -0.1) is 0 Å². The van der Waals surface area contributed by atoms with Gasteiger partial charge in [-0.25, -0.2) is 9.59 Å². The summed E-state index contributed by atoms with van der Waals surface area (Å²) in [6, 6.07) is 5.30. The van der Waals surface area contributed by atoms with E-state index in [0.29, 0.717) is 24.4 Å². The number of piperidine rings is 1. The molecule has 0 saturated carbocycles. The highest BCUT2D eigenvalue weighted by atomic mass is 16.6. The average molecular weight is 349 g/mol. The molecule has 1 aliphatic rings. The predicted octanol–water partition coefficient (Wildman–Crippen LogP) is 3.60. The number of carbonyl (C=O) groups is 2. The van der Waals surface area contributed by atoms with Crippen LogP contribution in [0.4, 0.5) is 4.79 Å². The van der Waals surface area contributed by atoms with Crippen LogP contribution in [0.15, 0.2) is 18.2 Å². The second-order valence-electron chi connectivity index (χ2n) is 7.21. The number of benzene rings is 1. The number of rotatable bonds is 3. The highest BCUT2D eigenvalue weighted by Gasteiger charge is 2.29. The Morgan fingerprint density at radius 2 is 1.92 bits per heavy atom. The summed E-state index contributed by atoms with van der Waals surface area (Å²) in [6.45, 7) is 6.85. The minimum absolute atomic E-state index is 0.142. The molecule has 0 spiro atoms.